The van der Waals surface area contributed by atoms with Crippen molar-refractivity contribution in [3.8, 4) is 6.07 Å². The molecule has 0 N–H and O–H groups in total. The van der Waals surface area contributed by atoms with Gasteiger partial charge in [0.2, 0.25) is 11.9 Å². The summed E-state index contributed by atoms with van der Waals surface area (Å²) < 4.78 is 58.0. The zero-order valence-corrected chi connectivity index (χ0v) is 49.4. The standard InChI is InChI=1S/C18H29BN4O4.C12H24B2O4.C12H17ClN4O2.C2H3N.C2H4O2.2CH4.K/c1-17(2)18(3,4)27-19(26-17)14-13-15(22-5-9-24-10-6-22)21-16(20-14)23-7-11-25-12-8-23;1-9(2)10(3,4)16-13(15-9)14-17-11(5,6)12(7,8)18-14;13-10-9-11(16-1-5-18-6-2-16)15-12(14-10)17-3-7-19-8-4-17;1-2-3;1-2(3)4;;;/h13H,5-12H2,1-4H3;1-8H3;9H,1-8H2;1H3;1H3,(H,3,4);2*1H4;/q;;;;;;;+1/p-1. The van der Waals surface area contributed by atoms with Gasteiger partial charge < -0.3 is 76.4 Å². The van der Waals surface area contributed by atoms with Crippen molar-refractivity contribution < 1.29 is 108 Å². The molecule has 7 saturated heterocycles. The molecule has 0 amide bonds. The maximum Gasteiger partial charge on any atom is 1.00 e. The van der Waals surface area contributed by atoms with Crippen LogP contribution < -0.4 is 81.7 Å². The van der Waals surface area contributed by atoms with E-state index in [0.717, 1.165) is 89.7 Å². The molecule has 9 rings (SSSR count). The number of aliphatic carboxylic acids is 1. The molecule has 0 unspecified atom stereocenters. The molecule has 410 valence electrons. The first kappa shape index (κ1) is 68.1. The molecule has 7 aliphatic rings. The van der Waals surface area contributed by atoms with E-state index in [1.165, 1.54) is 6.92 Å². The molecule has 0 spiro atoms. The number of nitriles is 1. The molecule has 2 aromatic heterocycles. The predicted molar refractivity (Wildman–Crippen MR) is 285 cm³/mol. The minimum absolute atomic E-state index is 0. The molecule has 7 aliphatic heterocycles. The van der Waals surface area contributed by atoms with Crippen molar-refractivity contribution >= 4 is 67.8 Å². The van der Waals surface area contributed by atoms with Crippen molar-refractivity contribution in [1.82, 2.24) is 19.9 Å². The molecule has 74 heavy (non-hydrogen) atoms. The van der Waals surface area contributed by atoms with Crippen molar-refractivity contribution in [1.29, 1.82) is 5.26 Å². The van der Waals surface area contributed by atoms with Crippen LogP contribution in [0, 0.1) is 11.3 Å². The first-order valence-corrected chi connectivity index (χ1v) is 24.9. The van der Waals surface area contributed by atoms with Crippen LogP contribution in [0.3, 0.4) is 0 Å². The van der Waals surface area contributed by atoms with E-state index in [4.69, 9.17) is 83.6 Å². The first-order valence-electron chi connectivity index (χ1n) is 24.5. The fourth-order valence-corrected chi connectivity index (χ4v) is 7.81. The summed E-state index contributed by atoms with van der Waals surface area (Å²) in [4.78, 5) is 36.2. The molecule has 21 nitrogen and oxygen atoms in total. The Morgan fingerprint density at radius 3 is 1.11 bits per heavy atom. The molecule has 2 aromatic rings. The summed E-state index contributed by atoms with van der Waals surface area (Å²) in [6, 6.07) is 5.56. The van der Waals surface area contributed by atoms with Gasteiger partial charge in [0.1, 0.15) is 16.8 Å². The first-order chi connectivity index (χ1) is 33.2. The van der Waals surface area contributed by atoms with E-state index < -0.39 is 38.3 Å². The molecule has 0 atom stereocenters. The van der Waals surface area contributed by atoms with Gasteiger partial charge >= 0.3 is 72.5 Å². The van der Waals surface area contributed by atoms with Crippen molar-refractivity contribution in [3.05, 3.63) is 17.3 Å². The number of carboxylic acids is 1. The molecular formula is C48H84B3ClKN9O12. The fraction of sp³-hybridized carbons (Fsp3) is 0.792. The smallest absolute Gasteiger partial charge is 0.550 e. The van der Waals surface area contributed by atoms with E-state index in [1.54, 1.807) is 6.07 Å². The monoisotopic (exact) mass is 1090 g/mol. The number of morpholine rings is 4. The maximum atomic E-state index is 8.89. The van der Waals surface area contributed by atoms with E-state index >= 15 is 0 Å². The third-order valence-electron chi connectivity index (χ3n) is 13.9. The van der Waals surface area contributed by atoms with Gasteiger partial charge in [0.25, 0.3) is 0 Å². The van der Waals surface area contributed by atoms with Gasteiger partial charge in [-0.25, -0.2) is 9.97 Å². The summed E-state index contributed by atoms with van der Waals surface area (Å²) in [6.45, 7) is 39.0. The molecule has 0 saturated carbocycles. The van der Waals surface area contributed by atoms with Crippen LogP contribution in [0.2, 0.25) is 5.15 Å². The van der Waals surface area contributed by atoms with Gasteiger partial charge in [0.15, 0.2) is 0 Å². The number of aromatic nitrogens is 4. The molecule has 9 heterocycles. The Morgan fingerprint density at radius 1 is 0.541 bits per heavy atom. The van der Waals surface area contributed by atoms with Crippen LogP contribution in [0.4, 0.5) is 23.5 Å². The van der Waals surface area contributed by atoms with Gasteiger partial charge in [-0.3, -0.25) is 0 Å². The van der Waals surface area contributed by atoms with Crippen molar-refractivity contribution in [2.45, 2.75) is 145 Å². The summed E-state index contributed by atoms with van der Waals surface area (Å²) in [5.74, 6) is 2.11. The van der Waals surface area contributed by atoms with Crippen LogP contribution in [-0.4, -0.2) is 186 Å². The molecule has 0 aliphatic carbocycles. The second-order valence-electron chi connectivity index (χ2n) is 20.8. The zero-order chi connectivity index (χ0) is 52.4. The van der Waals surface area contributed by atoms with Crippen molar-refractivity contribution in [2.75, 3.05) is 125 Å². The molecular weight excluding hydrogens is 1000 g/mol. The van der Waals surface area contributed by atoms with E-state index in [9.17, 15) is 0 Å². The van der Waals surface area contributed by atoms with Crippen LogP contribution in [0.5, 0.6) is 0 Å². The van der Waals surface area contributed by atoms with Gasteiger partial charge in [0, 0.05) is 71.3 Å². The van der Waals surface area contributed by atoms with Crippen LogP contribution in [0.15, 0.2) is 12.1 Å². The minimum Gasteiger partial charge on any atom is -0.550 e. The summed E-state index contributed by atoms with van der Waals surface area (Å²) in [5.41, 5.74) is -1.47. The van der Waals surface area contributed by atoms with Gasteiger partial charge in [-0.05, 0) is 96.1 Å². The molecule has 0 bridgehead atoms. The summed E-state index contributed by atoms with van der Waals surface area (Å²) in [7, 11) is -1.45. The topological polar surface area (TPSA) is 221 Å². The SMILES string of the molecule is C.C.CC#N.CC(=O)[O-].CC1(C)OB(B2OC(C)(C)C(C)(C)O2)OC1(C)C.CC1(C)OB(c2cc(N3CCOCC3)nc(N3CCOCC3)n2)OC1(C)C.Clc1cc(N2CCOCC2)nc(N2CCOCC2)n1.[K+]. The number of hydrogen-bond acceptors (Lipinski definition) is 21. The van der Waals surface area contributed by atoms with Crippen molar-refractivity contribution in [2.24, 2.45) is 0 Å². The minimum atomic E-state index is -1.08. The summed E-state index contributed by atoms with van der Waals surface area (Å²) >= 11 is 6.12. The second-order valence-corrected chi connectivity index (χ2v) is 21.1. The summed E-state index contributed by atoms with van der Waals surface area (Å²) in [5, 5.41) is 16.7. The third-order valence-corrected chi connectivity index (χ3v) is 14.1. The summed E-state index contributed by atoms with van der Waals surface area (Å²) in [6.07, 6.45) is 0. The number of hydrogen-bond donors (Lipinski definition) is 0. The normalized spacial score (nSPS) is 22.7. The Bertz CT molecular complexity index is 1930. The quantitative estimate of drug-likeness (QED) is 0.292. The number of anilines is 4. The molecule has 0 radical (unpaired) electrons. The number of rotatable bonds is 6. The fourth-order valence-electron chi connectivity index (χ4n) is 7.64. The number of carboxylic acid groups (broad SMARTS) is 1. The number of halogens is 1. The van der Waals surface area contributed by atoms with E-state index in [1.807, 2.05) is 67.5 Å². The number of carbonyl (C=O) groups excluding carboxylic acids is 1. The maximum absolute atomic E-state index is 8.89. The number of nitrogens with zero attached hydrogens (tertiary/aromatic N) is 9. The average Bonchev–Trinajstić information content (AvgIpc) is 3.79. The average molecular weight is 1090 g/mol. The largest absolute Gasteiger partial charge is 1.00 e. The number of ether oxygens (including phenoxy) is 4. The van der Waals surface area contributed by atoms with Crippen molar-refractivity contribution in [3.63, 3.8) is 0 Å². The molecule has 0 aromatic carbocycles. The van der Waals surface area contributed by atoms with Gasteiger partial charge in [0.05, 0.1) is 98.1 Å². The van der Waals surface area contributed by atoms with E-state index in [0.29, 0.717) is 56.7 Å². The van der Waals surface area contributed by atoms with Gasteiger partial charge in [-0.2, -0.15) is 15.2 Å². The third kappa shape index (κ3) is 18.3. The van der Waals surface area contributed by atoms with Gasteiger partial charge in [-0.1, -0.05) is 26.5 Å². The Balaban J connectivity index is 0.000000358. The van der Waals surface area contributed by atoms with Crippen LogP contribution in [0.1, 0.15) is 112 Å². The zero-order valence-electron chi connectivity index (χ0n) is 45.5. The Hall–Kier alpha value is -1.96. The van der Waals surface area contributed by atoms with E-state index in [2.05, 4.69) is 57.3 Å². The van der Waals surface area contributed by atoms with Gasteiger partial charge in [-0.15, -0.1) is 0 Å². The van der Waals surface area contributed by atoms with Crippen LogP contribution >= 0.6 is 11.6 Å². The Kier molecular flexibility index (Phi) is 27.0. The van der Waals surface area contributed by atoms with E-state index in [-0.39, 0.29) is 88.6 Å². The molecule has 26 heteroatoms. The predicted octanol–water partition coefficient (Wildman–Crippen LogP) is 1.06. The number of carbonyl (C=O) groups is 1. The Morgan fingerprint density at radius 2 is 0.797 bits per heavy atom. The van der Waals surface area contributed by atoms with Crippen LogP contribution in [0.25, 0.3) is 0 Å². The Labute approximate surface area is 490 Å². The second kappa shape index (κ2) is 29.3. The van der Waals surface area contributed by atoms with Crippen LogP contribution in [-0.2, 0) is 51.7 Å². The molecule has 7 fully saturated rings.